The zero-order valence-corrected chi connectivity index (χ0v) is 5.07. The van der Waals surface area contributed by atoms with E-state index >= 15 is 0 Å². The third-order valence-corrected chi connectivity index (χ3v) is 0. The molecule has 0 spiro atoms. The van der Waals surface area contributed by atoms with Gasteiger partial charge in [0.1, 0.15) is 0 Å². The third kappa shape index (κ3) is 4160. The van der Waals surface area contributed by atoms with Crippen LogP contribution in [0.5, 0.6) is 0 Å². The van der Waals surface area contributed by atoms with Crippen LogP contribution in [-0.4, -0.2) is 25.2 Å². The number of hydrogen-bond donors (Lipinski definition) is 2. The molecule has 0 bridgehead atoms. The lowest BCUT2D eigenvalue weighted by molar-refractivity contribution is 0.399. The summed E-state index contributed by atoms with van der Waals surface area (Å²) in [5, 5.41) is 7.00. The summed E-state index contributed by atoms with van der Waals surface area (Å²) in [4.78, 5) is 0. The summed E-state index contributed by atoms with van der Waals surface area (Å²) in [5.41, 5.74) is 0. The van der Waals surface area contributed by atoms with Crippen molar-refractivity contribution in [2.75, 3.05) is 7.11 Å². The number of hydrogen-bond acceptors (Lipinski definition) is 3. The van der Waals surface area contributed by atoms with Crippen molar-refractivity contribution in [2.24, 2.45) is 0 Å². The first kappa shape index (κ1) is 10.2. The molecule has 0 amide bonds. The molecular formula is CH5ClO4S. The van der Waals surface area contributed by atoms with Gasteiger partial charge in [-0.1, -0.05) is 0 Å². The van der Waals surface area contributed by atoms with Gasteiger partial charge in [-0.05, 0) is 0 Å². The Hall–Kier alpha value is 0.160. The summed E-state index contributed by atoms with van der Waals surface area (Å²) < 4.78 is 25.2. The predicted molar refractivity (Wildman–Crippen MR) is 25.5 cm³/mol. The molecule has 6 heteroatoms. The molecule has 0 aliphatic heterocycles. The van der Waals surface area contributed by atoms with Crippen molar-refractivity contribution in [3.05, 3.63) is 0 Å². The highest BCUT2D eigenvalue weighted by Gasteiger charge is 1.86. The summed E-state index contributed by atoms with van der Waals surface area (Å²) in [6.07, 6.45) is 0. The lowest BCUT2D eigenvalue weighted by atomic mass is 11.8. The number of halogens is 1. The van der Waals surface area contributed by atoms with E-state index in [0.717, 1.165) is 7.11 Å². The zero-order chi connectivity index (χ0) is 6.50. The van der Waals surface area contributed by atoms with Crippen molar-refractivity contribution in [1.29, 1.82) is 0 Å². The Morgan fingerprint density at radius 2 is 1.43 bits per heavy atom. The molecule has 0 unspecified atom stereocenters. The van der Waals surface area contributed by atoms with Crippen LogP contribution in [0.3, 0.4) is 0 Å². The van der Waals surface area contributed by atoms with Crippen molar-refractivity contribution >= 4 is 20.0 Å². The molecule has 0 saturated heterocycles. The second-order valence-electron chi connectivity index (χ2n) is 0.412. The van der Waals surface area contributed by atoms with Crippen molar-refractivity contribution in [1.82, 2.24) is 0 Å². The number of aliphatic hydroxyl groups excluding tert-OH is 1. The molecule has 0 fully saturated rings. The van der Waals surface area contributed by atoms with Gasteiger partial charge < -0.3 is 5.11 Å². The van der Waals surface area contributed by atoms with Crippen molar-refractivity contribution in [2.45, 2.75) is 0 Å². The van der Waals surface area contributed by atoms with E-state index < -0.39 is 9.33 Å². The van der Waals surface area contributed by atoms with Crippen LogP contribution < -0.4 is 0 Å². The van der Waals surface area contributed by atoms with Crippen LogP contribution in [0, 0.1) is 0 Å². The minimum Gasteiger partial charge on any atom is -0.400 e. The third-order valence-electron chi connectivity index (χ3n) is 0. The maximum absolute atomic E-state index is 8.95. The largest absolute Gasteiger partial charge is 0.400 e. The summed E-state index contributed by atoms with van der Waals surface area (Å²) in [7, 11) is 0.863. The van der Waals surface area contributed by atoms with Gasteiger partial charge in [0.15, 0.2) is 0 Å². The Morgan fingerprint density at radius 3 is 1.43 bits per heavy atom. The molecule has 0 heterocycles. The molecule has 0 aromatic carbocycles. The van der Waals surface area contributed by atoms with Gasteiger partial charge >= 0.3 is 9.33 Å². The Kier molecular flexibility index (Phi) is 6.30. The molecule has 0 aliphatic carbocycles. The van der Waals surface area contributed by atoms with Gasteiger partial charge in [0.25, 0.3) is 0 Å². The number of rotatable bonds is 0. The van der Waals surface area contributed by atoms with E-state index in [9.17, 15) is 0 Å². The fourth-order valence-electron chi connectivity index (χ4n) is 0. The molecule has 46 valence electrons. The molecule has 0 aromatic heterocycles. The first-order valence-electron chi connectivity index (χ1n) is 1.12. The van der Waals surface area contributed by atoms with E-state index in [1.54, 1.807) is 0 Å². The maximum Gasteiger partial charge on any atom is 0.353 e. The van der Waals surface area contributed by atoms with Crippen LogP contribution in [-0.2, 0) is 9.33 Å². The van der Waals surface area contributed by atoms with Gasteiger partial charge in [0.2, 0.25) is 0 Å². The van der Waals surface area contributed by atoms with Crippen LogP contribution in [0.1, 0.15) is 0 Å². The van der Waals surface area contributed by atoms with Crippen LogP contribution >= 0.6 is 10.7 Å². The van der Waals surface area contributed by atoms with E-state index in [4.69, 9.17) is 18.1 Å². The fraction of sp³-hybridized carbons (Fsp3) is 1.00. The second-order valence-corrected chi connectivity index (χ2v) is 2.41. The second kappa shape index (κ2) is 4.32. The highest BCUT2D eigenvalue weighted by molar-refractivity contribution is 8.09. The zero-order valence-electron chi connectivity index (χ0n) is 3.50. The molecule has 7 heavy (non-hydrogen) atoms. The molecular weight excluding hydrogens is 144 g/mol. The van der Waals surface area contributed by atoms with Gasteiger partial charge in [0.05, 0.1) is 0 Å². The lowest BCUT2D eigenvalue weighted by Gasteiger charge is -1.65. The normalized spacial score (nSPS) is 9.14. The van der Waals surface area contributed by atoms with Crippen LogP contribution in [0.15, 0.2) is 0 Å². The Morgan fingerprint density at radius 1 is 1.43 bits per heavy atom. The average molecular weight is 149 g/mol. The minimum absolute atomic E-state index is 1.00. The van der Waals surface area contributed by atoms with Gasteiger partial charge in [0, 0.05) is 17.8 Å². The van der Waals surface area contributed by atoms with E-state index in [-0.39, 0.29) is 0 Å². The lowest BCUT2D eigenvalue weighted by Crippen LogP contribution is -1.77. The summed E-state index contributed by atoms with van der Waals surface area (Å²) in [5.74, 6) is 0. The first-order valence-corrected chi connectivity index (χ1v) is 3.38. The van der Waals surface area contributed by atoms with Crippen LogP contribution in [0.25, 0.3) is 0 Å². The van der Waals surface area contributed by atoms with Crippen molar-refractivity contribution in [3.63, 3.8) is 0 Å². The van der Waals surface area contributed by atoms with E-state index in [2.05, 4.69) is 10.7 Å². The summed E-state index contributed by atoms with van der Waals surface area (Å²) in [6.45, 7) is 0. The molecule has 0 aromatic rings. The van der Waals surface area contributed by atoms with Crippen molar-refractivity contribution < 1.29 is 18.1 Å². The Balaban J connectivity index is 0. The maximum atomic E-state index is 8.95. The first-order chi connectivity index (χ1) is 3.00. The summed E-state index contributed by atoms with van der Waals surface area (Å²) in [6, 6.07) is 0. The molecule has 0 rings (SSSR count). The fourth-order valence-corrected chi connectivity index (χ4v) is 0. The topological polar surface area (TPSA) is 74.6 Å². The standard InChI is InChI=1S/CH4O.ClHO3S/c1-2;1-5(2,3)4/h2H,1H3;(H,2,3,4). The Bertz CT molecular complexity index is 94.9. The van der Waals surface area contributed by atoms with Crippen LogP contribution in [0.2, 0.25) is 0 Å². The van der Waals surface area contributed by atoms with E-state index in [0.29, 0.717) is 0 Å². The van der Waals surface area contributed by atoms with Gasteiger partial charge in [-0.3, -0.25) is 4.55 Å². The van der Waals surface area contributed by atoms with Crippen molar-refractivity contribution in [3.8, 4) is 0 Å². The summed E-state index contributed by atoms with van der Waals surface area (Å²) >= 11 is 0. The van der Waals surface area contributed by atoms with Gasteiger partial charge in [-0.15, -0.1) is 0 Å². The molecule has 0 atom stereocenters. The molecule has 0 radical (unpaired) electrons. The predicted octanol–water partition coefficient (Wildman–Crippen LogP) is -0.363. The van der Waals surface area contributed by atoms with E-state index in [1.807, 2.05) is 0 Å². The number of aliphatic hydroxyl groups is 1. The average Bonchev–Trinajstić information content (AvgIpc) is 1.36. The SMILES string of the molecule is CO.O=S(=O)(O)Cl. The molecule has 0 saturated carbocycles. The quantitative estimate of drug-likeness (QED) is 0.363. The molecule has 0 aliphatic rings. The Labute approximate surface area is 46.0 Å². The van der Waals surface area contributed by atoms with Crippen LogP contribution in [0.4, 0.5) is 0 Å². The van der Waals surface area contributed by atoms with Gasteiger partial charge in [-0.25, -0.2) is 0 Å². The van der Waals surface area contributed by atoms with Gasteiger partial charge in [-0.2, -0.15) is 8.42 Å². The minimum atomic E-state index is -4.19. The highest BCUT2D eigenvalue weighted by atomic mass is 35.7. The highest BCUT2D eigenvalue weighted by Crippen LogP contribution is 1.82. The molecule has 4 nitrogen and oxygen atoms in total. The molecule has 2 N–H and O–H groups in total. The van der Waals surface area contributed by atoms with E-state index in [1.165, 1.54) is 0 Å². The monoisotopic (exact) mass is 148 g/mol. The smallest absolute Gasteiger partial charge is 0.353 e.